The molecule has 1 nitrogen and oxygen atoms in total. The fourth-order valence-electron chi connectivity index (χ4n) is 3.12. The molecule has 0 amide bonds. The van der Waals surface area contributed by atoms with Crippen molar-refractivity contribution in [3.63, 3.8) is 0 Å². The molecule has 2 saturated carbocycles. The Bertz CT molecular complexity index is 426. The summed E-state index contributed by atoms with van der Waals surface area (Å²) < 4.78 is 26.0. The third-order valence-electron chi connectivity index (χ3n) is 4.28. The molecule has 1 atom stereocenters. The first-order valence-corrected chi connectivity index (χ1v) is 6.84. The first-order valence-electron chi connectivity index (χ1n) is 6.84. The van der Waals surface area contributed by atoms with Crippen LogP contribution in [0.3, 0.4) is 0 Å². The molecule has 1 unspecified atom stereocenters. The molecule has 3 heteroatoms. The Balaban J connectivity index is 1.68. The van der Waals surface area contributed by atoms with Gasteiger partial charge in [0.1, 0.15) is 0 Å². The lowest BCUT2D eigenvalue weighted by Crippen LogP contribution is -2.35. The lowest BCUT2D eigenvalue weighted by molar-refractivity contribution is 0.327. The molecule has 2 aliphatic rings. The second-order valence-electron chi connectivity index (χ2n) is 5.87. The van der Waals surface area contributed by atoms with Gasteiger partial charge in [0, 0.05) is 6.04 Å². The van der Waals surface area contributed by atoms with Crippen LogP contribution in [0.1, 0.15) is 31.2 Å². The molecule has 2 N–H and O–H groups in total. The van der Waals surface area contributed by atoms with Gasteiger partial charge in [-0.15, -0.1) is 0 Å². The molecule has 3 rings (SSSR count). The number of rotatable bonds is 5. The molecule has 0 aromatic heterocycles. The van der Waals surface area contributed by atoms with Gasteiger partial charge in [0.25, 0.3) is 0 Å². The summed E-state index contributed by atoms with van der Waals surface area (Å²) in [5.41, 5.74) is 7.12. The van der Waals surface area contributed by atoms with E-state index in [2.05, 4.69) is 0 Å². The van der Waals surface area contributed by atoms with E-state index in [0.717, 1.165) is 17.4 Å². The molecule has 0 heterocycles. The Kier molecular flexibility index (Phi) is 3.10. The topological polar surface area (TPSA) is 26.0 Å². The van der Waals surface area contributed by atoms with Crippen molar-refractivity contribution >= 4 is 0 Å². The van der Waals surface area contributed by atoms with Gasteiger partial charge in [-0.1, -0.05) is 6.07 Å². The van der Waals surface area contributed by atoms with Crippen molar-refractivity contribution in [2.45, 2.75) is 38.1 Å². The van der Waals surface area contributed by atoms with Crippen molar-refractivity contribution < 1.29 is 8.78 Å². The summed E-state index contributed by atoms with van der Waals surface area (Å²) >= 11 is 0. The predicted molar refractivity (Wildman–Crippen MR) is 67.0 cm³/mol. The number of halogens is 2. The molecule has 2 aliphatic carbocycles. The van der Waals surface area contributed by atoms with Crippen molar-refractivity contribution in [2.75, 3.05) is 0 Å². The largest absolute Gasteiger partial charge is 0.327 e. The fraction of sp³-hybridized carbons (Fsp3) is 0.600. The standard InChI is InChI=1S/C15H19F2N/c16-12-6-1-9(7-13(12)17)8-14(18)15(10-2-3-10)11-4-5-11/h1,6-7,10-11,14-15H,2-5,8,18H2. The maximum Gasteiger partial charge on any atom is 0.159 e. The molecule has 2 fully saturated rings. The molecule has 1 aromatic rings. The van der Waals surface area contributed by atoms with Crippen molar-refractivity contribution in [1.82, 2.24) is 0 Å². The summed E-state index contributed by atoms with van der Waals surface area (Å²) in [4.78, 5) is 0. The molecule has 18 heavy (non-hydrogen) atoms. The van der Waals surface area contributed by atoms with E-state index in [1.54, 1.807) is 6.07 Å². The van der Waals surface area contributed by atoms with E-state index in [1.165, 1.54) is 37.8 Å². The minimum atomic E-state index is -0.784. The van der Waals surface area contributed by atoms with Gasteiger partial charge in [0.05, 0.1) is 0 Å². The van der Waals surface area contributed by atoms with E-state index in [-0.39, 0.29) is 6.04 Å². The average Bonchev–Trinajstić information content (AvgIpc) is 3.17. The van der Waals surface area contributed by atoms with E-state index in [0.29, 0.717) is 12.3 Å². The molecule has 0 bridgehead atoms. The quantitative estimate of drug-likeness (QED) is 0.854. The third-order valence-corrected chi connectivity index (χ3v) is 4.28. The van der Waals surface area contributed by atoms with E-state index < -0.39 is 11.6 Å². The second-order valence-corrected chi connectivity index (χ2v) is 5.87. The first kappa shape index (κ1) is 12.1. The summed E-state index contributed by atoms with van der Waals surface area (Å²) in [5.74, 6) is 0.621. The van der Waals surface area contributed by atoms with Gasteiger partial charge in [-0.3, -0.25) is 0 Å². The summed E-state index contributed by atoms with van der Waals surface area (Å²) in [6.07, 6.45) is 5.85. The monoisotopic (exact) mass is 251 g/mol. The zero-order chi connectivity index (χ0) is 12.7. The van der Waals surface area contributed by atoms with Crippen LogP contribution in [-0.4, -0.2) is 6.04 Å². The van der Waals surface area contributed by atoms with Crippen LogP contribution in [0.4, 0.5) is 8.78 Å². The van der Waals surface area contributed by atoms with Gasteiger partial charge < -0.3 is 5.73 Å². The van der Waals surface area contributed by atoms with Gasteiger partial charge >= 0.3 is 0 Å². The van der Waals surface area contributed by atoms with E-state index in [4.69, 9.17) is 5.73 Å². The van der Waals surface area contributed by atoms with Crippen LogP contribution in [0.2, 0.25) is 0 Å². The minimum Gasteiger partial charge on any atom is -0.327 e. The number of nitrogens with two attached hydrogens (primary N) is 1. The maximum atomic E-state index is 13.2. The van der Waals surface area contributed by atoms with E-state index in [1.807, 2.05) is 0 Å². The molecule has 0 aliphatic heterocycles. The van der Waals surface area contributed by atoms with Gasteiger partial charge in [0.2, 0.25) is 0 Å². The van der Waals surface area contributed by atoms with E-state index >= 15 is 0 Å². The van der Waals surface area contributed by atoms with Gasteiger partial charge in [-0.25, -0.2) is 8.78 Å². The zero-order valence-electron chi connectivity index (χ0n) is 10.4. The number of benzene rings is 1. The highest BCUT2D eigenvalue weighted by molar-refractivity contribution is 5.19. The summed E-state index contributed by atoms with van der Waals surface area (Å²) in [6, 6.07) is 4.22. The van der Waals surface area contributed by atoms with Crippen LogP contribution in [0, 0.1) is 29.4 Å². The summed E-state index contributed by atoms with van der Waals surface area (Å²) in [6.45, 7) is 0. The molecule has 1 aromatic carbocycles. The van der Waals surface area contributed by atoms with Crippen LogP contribution in [0.5, 0.6) is 0 Å². The second kappa shape index (κ2) is 4.61. The highest BCUT2D eigenvalue weighted by Gasteiger charge is 2.44. The zero-order valence-corrected chi connectivity index (χ0v) is 10.4. The molecule has 0 saturated heterocycles. The third kappa shape index (κ3) is 2.56. The van der Waals surface area contributed by atoms with Crippen LogP contribution in [0.25, 0.3) is 0 Å². The van der Waals surface area contributed by atoms with Crippen LogP contribution in [-0.2, 0) is 6.42 Å². The van der Waals surface area contributed by atoms with Gasteiger partial charge in [-0.2, -0.15) is 0 Å². The Morgan fingerprint density at radius 3 is 2.17 bits per heavy atom. The SMILES string of the molecule is NC(Cc1ccc(F)c(F)c1)C(C1CC1)C1CC1. The smallest absolute Gasteiger partial charge is 0.159 e. The minimum absolute atomic E-state index is 0.0925. The Morgan fingerprint density at radius 2 is 1.67 bits per heavy atom. The summed E-state index contributed by atoms with van der Waals surface area (Å²) in [5, 5.41) is 0. The molecule has 0 spiro atoms. The Labute approximate surface area is 106 Å². The highest BCUT2D eigenvalue weighted by Crippen LogP contribution is 2.50. The number of hydrogen-bond donors (Lipinski definition) is 1. The Morgan fingerprint density at radius 1 is 1.06 bits per heavy atom. The van der Waals surface area contributed by atoms with Crippen molar-refractivity contribution in [1.29, 1.82) is 0 Å². The lowest BCUT2D eigenvalue weighted by atomic mass is 9.86. The van der Waals surface area contributed by atoms with Crippen LogP contribution >= 0.6 is 0 Å². The Hall–Kier alpha value is -0.960. The average molecular weight is 251 g/mol. The lowest BCUT2D eigenvalue weighted by Gasteiger charge is -2.23. The fourth-order valence-corrected chi connectivity index (χ4v) is 3.12. The van der Waals surface area contributed by atoms with Crippen molar-refractivity contribution in [3.05, 3.63) is 35.4 Å². The summed E-state index contributed by atoms with van der Waals surface area (Å²) in [7, 11) is 0. The molecule has 98 valence electrons. The normalized spacial score (nSPS) is 21.3. The van der Waals surface area contributed by atoms with Crippen LogP contribution < -0.4 is 5.73 Å². The van der Waals surface area contributed by atoms with Crippen molar-refractivity contribution in [2.24, 2.45) is 23.5 Å². The maximum absolute atomic E-state index is 13.2. The van der Waals surface area contributed by atoms with Crippen molar-refractivity contribution in [3.8, 4) is 0 Å². The van der Waals surface area contributed by atoms with Gasteiger partial charge in [-0.05, 0) is 67.6 Å². The van der Waals surface area contributed by atoms with Crippen LogP contribution in [0.15, 0.2) is 18.2 Å². The van der Waals surface area contributed by atoms with E-state index in [9.17, 15) is 8.78 Å². The predicted octanol–water partition coefficient (Wildman–Crippen LogP) is 3.27. The number of hydrogen-bond acceptors (Lipinski definition) is 1. The molecule has 0 radical (unpaired) electrons. The first-order chi connectivity index (χ1) is 8.65. The van der Waals surface area contributed by atoms with Gasteiger partial charge in [0.15, 0.2) is 11.6 Å². The highest BCUT2D eigenvalue weighted by atomic mass is 19.2. The molecular formula is C15H19F2N. The molecular weight excluding hydrogens is 232 g/mol.